The molecule has 0 heterocycles. The Hall–Kier alpha value is -2.20. The van der Waals surface area contributed by atoms with E-state index in [4.69, 9.17) is 27.9 Å². The number of urea groups is 1. The Labute approximate surface area is 214 Å². The number of carbonyl (C=O) groups excluding carboxylic acids is 2. The van der Waals surface area contributed by atoms with Crippen LogP contribution in [0.2, 0.25) is 10.0 Å². The number of hydrogen-bond acceptors (Lipinski definition) is 3. The minimum absolute atomic E-state index is 0.219. The van der Waals surface area contributed by atoms with Crippen molar-refractivity contribution in [3.63, 3.8) is 0 Å². The van der Waals surface area contributed by atoms with Crippen LogP contribution in [-0.4, -0.2) is 11.9 Å². The molecule has 0 aliphatic rings. The van der Waals surface area contributed by atoms with Crippen LogP contribution in [0.4, 0.5) is 19.3 Å². The van der Waals surface area contributed by atoms with E-state index in [-0.39, 0.29) is 5.02 Å². The second-order valence-electron chi connectivity index (χ2n) is 6.81. The summed E-state index contributed by atoms with van der Waals surface area (Å²) in [6, 6.07) is 7.09. The molecule has 5 nitrogen and oxygen atoms in total. The van der Waals surface area contributed by atoms with Crippen molar-refractivity contribution in [2.45, 2.75) is 13.8 Å². The molecular weight excluding hydrogens is 609 g/mol. The first-order chi connectivity index (χ1) is 15.5. The second kappa shape index (κ2) is 10.4. The van der Waals surface area contributed by atoms with Gasteiger partial charge in [-0.1, -0.05) is 29.3 Å². The molecule has 3 aromatic rings. The van der Waals surface area contributed by atoms with Crippen molar-refractivity contribution in [3.05, 3.63) is 83.7 Å². The van der Waals surface area contributed by atoms with Crippen LogP contribution in [0, 0.1) is 25.5 Å². The maximum atomic E-state index is 13.8. The highest BCUT2D eigenvalue weighted by atomic mass is 79.9. The van der Waals surface area contributed by atoms with Crippen molar-refractivity contribution < 1.29 is 23.1 Å². The lowest BCUT2D eigenvalue weighted by molar-refractivity contribution is 0.0962. The summed E-state index contributed by atoms with van der Waals surface area (Å²) in [5, 5.41) is 5.19. The smallest absolute Gasteiger partial charge is 0.326 e. The fourth-order valence-electron chi connectivity index (χ4n) is 2.88. The lowest BCUT2D eigenvalue weighted by Gasteiger charge is -2.17. The van der Waals surface area contributed by atoms with Crippen molar-refractivity contribution >= 4 is 72.7 Å². The van der Waals surface area contributed by atoms with Gasteiger partial charge in [-0.15, -0.1) is 0 Å². The van der Waals surface area contributed by atoms with Crippen LogP contribution in [0.5, 0.6) is 11.5 Å². The van der Waals surface area contributed by atoms with Crippen molar-refractivity contribution in [2.75, 3.05) is 5.32 Å². The van der Waals surface area contributed by atoms with E-state index in [2.05, 4.69) is 37.2 Å². The van der Waals surface area contributed by atoms with Crippen molar-refractivity contribution in [2.24, 2.45) is 0 Å². The lowest BCUT2D eigenvalue weighted by atomic mass is 10.1. The largest absolute Gasteiger partial charge is 0.455 e. The zero-order chi connectivity index (χ0) is 24.4. The van der Waals surface area contributed by atoms with Crippen LogP contribution in [-0.2, 0) is 0 Å². The van der Waals surface area contributed by atoms with E-state index in [9.17, 15) is 18.4 Å². The van der Waals surface area contributed by atoms with E-state index in [1.54, 1.807) is 32.0 Å². The molecule has 0 bridgehead atoms. The Morgan fingerprint density at radius 3 is 2.39 bits per heavy atom. The molecule has 11 heteroatoms. The molecule has 0 saturated carbocycles. The number of benzene rings is 3. The third-order valence-corrected chi connectivity index (χ3v) is 6.81. The Morgan fingerprint density at radius 2 is 1.70 bits per heavy atom. The van der Waals surface area contributed by atoms with Crippen LogP contribution in [0.25, 0.3) is 0 Å². The first kappa shape index (κ1) is 25.4. The van der Waals surface area contributed by atoms with Crippen LogP contribution in [0.15, 0.2) is 45.3 Å². The molecule has 0 fully saturated rings. The maximum Gasteiger partial charge on any atom is 0.326 e. The molecule has 0 aliphatic carbocycles. The monoisotopic (exact) mass is 620 g/mol. The molecule has 0 aromatic heterocycles. The van der Waals surface area contributed by atoms with Crippen LogP contribution >= 0.6 is 55.1 Å². The summed E-state index contributed by atoms with van der Waals surface area (Å²) in [7, 11) is 0. The zero-order valence-electron chi connectivity index (χ0n) is 17.0. The van der Waals surface area contributed by atoms with Gasteiger partial charge in [0.1, 0.15) is 11.5 Å². The van der Waals surface area contributed by atoms with E-state index in [1.165, 1.54) is 0 Å². The van der Waals surface area contributed by atoms with Gasteiger partial charge in [0.15, 0.2) is 11.6 Å². The third kappa shape index (κ3) is 5.66. The first-order valence-corrected chi connectivity index (χ1v) is 11.5. The van der Waals surface area contributed by atoms with E-state index >= 15 is 0 Å². The fourth-order valence-corrected chi connectivity index (χ4v) is 4.11. The average molecular weight is 623 g/mol. The van der Waals surface area contributed by atoms with Gasteiger partial charge in [0.25, 0.3) is 5.91 Å². The quantitative estimate of drug-likeness (QED) is 0.289. The maximum absolute atomic E-state index is 13.8. The number of halogens is 6. The number of carbonyl (C=O) groups is 2. The summed E-state index contributed by atoms with van der Waals surface area (Å²) in [5.41, 5.74) is 0.778. The van der Waals surface area contributed by atoms with Crippen molar-refractivity contribution in [3.8, 4) is 11.5 Å². The first-order valence-electron chi connectivity index (χ1n) is 9.18. The molecule has 0 radical (unpaired) electrons. The predicted molar refractivity (Wildman–Crippen MR) is 131 cm³/mol. The number of nitrogens with one attached hydrogen (secondary N) is 2. The van der Waals surface area contributed by atoms with Crippen LogP contribution < -0.4 is 15.4 Å². The molecule has 3 amide bonds. The molecule has 3 rings (SSSR count). The Kier molecular flexibility index (Phi) is 8.00. The lowest BCUT2D eigenvalue weighted by Crippen LogP contribution is -2.35. The topological polar surface area (TPSA) is 67.4 Å². The minimum Gasteiger partial charge on any atom is -0.455 e. The molecule has 3 aromatic carbocycles. The summed E-state index contributed by atoms with van der Waals surface area (Å²) in [5.74, 6) is -2.86. The van der Waals surface area contributed by atoms with Crippen LogP contribution in [0.3, 0.4) is 0 Å². The highest BCUT2D eigenvalue weighted by molar-refractivity contribution is 9.11. The van der Waals surface area contributed by atoms with Gasteiger partial charge < -0.3 is 10.1 Å². The molecule has 0 unspecified atom stereocenters. The highest BCUT2D eigenvalue weighted by Gasteiger charge is 2.20. The fraction of sp³-hybridized carbons (Fsp3) is 0.0909. The summed E-state index contributed by atoms with van der Waals surface area (Å²) in [6.07, 6.45) is 0. The second-order valence-corrected chi connectivity index (χ2v) is 9.31. The van der Waals surface area contributed by atoms with Gasteiger partial charge in [0, 0.05) is 10.2 Å². The van der Waals surface area contributed by atoms with Crippen molar-refractivity contribution in [1.29, 1.82) is 0 Å². The number of rotatable bonds is 4. The van der Waals surface area contributed by atoms with E-state index in [0.717, 1.165) is 18.2 Å². The Bertz CT molecular complexity index is 1290. The molecule has 2 N–H and O–H groups in total. The van der Waals surface area contributed by atoms with Gasteiger partial charge in [-0.05, 0) is 87.2 Å². The SMILES string of the molecule is Cc1cc(Oc2cc(Br)c(Cl)cc2Br)c(Cl)c(C)c1NC(=O)NC(=O)c1cccc(F)c1F. The number of ether oxygens (including phenoxy) is 1. The molecule has 0 aliphatic heterocycles. The number of amides is 3. The van der Waals surface area contributed by atoms with E-state index < -0.39 is 29.1 Å². The number of aryl methyl sites for hydroxylation is 1. The molecule has 33 heavy (non-hydrogen) atoms. The summed E-state index contributed by atoms with van der Waals surface area (Å²) in [6.45, 7) is 3.35. The highest BCUT2D eigenvalue weighted by Crippen LogP contribution is 2.42. The summed E-state index contributed by atoms with van der Waals surface area (Å²) in [4.78, 5) is 24.5. The number of hydrogen-bond donors (Lipinski definition) is 2. The van der Waals surface area contributed by atoms with Crippen molar-refractivity contribution in [1.82, 2.24) is 5.32 Å². The normalized spacial score (nSPS) is 10.7. The summed E-state index contributed by atoms with van der Waals surface area (Å²) < 4.78 is 34.3. The predicted octanol–water partition coefficient (Wildman–Crippen LogP) is 8.17. The minimum atomic E-state index is -1.35. The van der Waals surface area contributed by atoms with E-state index in [1.807, 2.05) is 5.32 Å². The van der Waals surface area contributed by atoms with Gasteiger partial charge >= 0.3 is 6.03 Å². The Balaban J connectivity index is 1.81. The third-order valence-electron chi connectivity index (χ3n) is 4.52. The molecule has 172 valence electrons. The Morgan fingerprint density at radius 1 is 1.00 bits per heavy atom. The van der Waals surface area contributed by atoms with Crippen LogP contribution in [0.1, 0.15) is 21.5 Å². The average Bonchev–Trinajstić information content (AvgIpc) is 2.74. The van der Waals surface area contributed by atoms with Gasteiger partial charge in [0.05, 0.1) is 20.1 Å². The number of imide groups is 1. The standard InChI is InChI=1S/C22H14Br2Cl2F2N2O3/c1-9-6-17(33-16-8-12(23)14(25)7-13(16)24)18(26)10(2)20(9)29-22(32)30-21(31)11-4-3-5-15(27)19(11)28/h3-8H,1-2H3,(H2,29,30,31,32). The number of anilines is 1. The summed E-state index contributed by atoms with van der Waals surface area (Å²) >= 11 is 19.2. The van der Waals surface area contributed by atoms with Gasteiger partial charge in [-0.3, -0.25) is 10.1 Å². The molecule has 0 atom stereocenters. The molecular formula is C22H14Br2Cl2F2N2O3. The van der Waals surface area contributed by atoms with Gasteiger partial charge in [0.2, 0.25) is 0 Å². The zero-order valence-corrected chi connectivity index (χ0v) is 21.6. The van der Waals surface area contributed by atoms with Gasteiger partial charge in [-0.2, -0.15) is 0 Å². The van der Waals surface area contributed by atoms with E-state index in [0.29, 0.717) is 42.3 Å². The van der Waals surface area contributed by atoms with Gasteiger partial charge in [-0.25, -0.2) is 13.6 Å². The molecule has 0 saturated heterocycles. The molecule has 0 spiro atoms.